The summed E-state index contributed by atoms with van der Waals surface area (Å²) in [5, 5.41) is 16.7. The van der Waals surface area contributed by atoms with Crippen molar-refractivity contribution < 1.29 is 19.4 Å². The second-order valence-corrected chi connectivity index (χ2v) is 8.88. The number of hydrogen-bond acceptors (Lipinski definition) is 7. The van der Waals surface area contributed by atoms with E-state index in [0.717, 1.165) is 11.1 Å². The monoisotopic (exact) mass is 509 g/mol. The average molecular weight is 510 g/mol. The van der Waals surface area contributed by atoms with E-state index in [1.165, 1.54) is 11.1 Å². The van der Waals surface area contributed by atoms with Crippen LogP contribution in [0.1, 0.15) is 40.9 Å². The van der Waals surface area contributed by atoms with Crippen LogP contribution in [0.4, 0.5) is 5.95 Å². The van der Waals surface area contributed by atoms with E-state index in [1.54, 1.807) is 38.4 Å². The van der Waals surface area contributed by atoms with Crippen molar-refractivity contribution in [2.24, 2.45) is 0 Å². The zero-order valence-corrected chi connectivity index (χ0v) is 21.0. The van der Waals surface area contributed by atoms with E-state index in [1.807, 2.05) is 25.1 Å². The fourth-order valence-corrected chi connectivity index (χ4v) is 4.39. The molecular formula is C26H28ClN5O4. The number of ether oxygens (including phenoxy) is 1. The number of methoxy groups -OCH3 is 1. The fraction of sp³-hybridized carbons (Fsp3) is 0.308. The molecule has 0 unspecified atom stereocenters. The van der Waals surface area contributed by atoms with Crippen LogP contribution >= 0.6 is 11.6 Å². The molecule has 0 bridgehead atoms. The number of hydrogen-bond donors (Lipinski definition) is 3. The molecule has 3 aromatic rings. The van der Waals surface area contributed by atoms with Crippen LogP contribution in [-0.2, 0) is 11.3 Å². The van der Waals surface area contributed by atoms with Gasteiger partial charge in [0.15, 0.2) is 0 Å². The maximum atomic E-state index is 13.2. The molecule has 10 heteroatoms. The molecule has 0 saturated carbocycles. The van der Waals surface area contributed by atoms with Gasteiger partial charge in [0.25, 0.3) is 5.91 Å². The van der Waals surface area contributed by atoms with Crippen molar-refractivity contribution in [3.8, 4) is 17.0 Å². The molecule has 188 valence electrons. The number of aliphatic hydroxyl groups is 1. The first kappa shape index (κ1) is 25.4. The molecule has 2 heterocycles. The predicted molar refractivity (Wildman–Crippen MR) is 137 cm³/mol. The van der Waals surface area contributed by atoms with E-state index >= 15 is 0 Å². The van der Waals surface area contributed by atoms with Gasteiger partial charge in [0.05, 0.1) is 36.2 Å². The molecule has 0 spiro atoms. The molecule has 3 N–H and O–H groups in total. The molecule has 0 saturated heterocycles. The summed E-state index contributed by atoms with van der Waals surface area (Å²) in [6.07, 6.45) is 1.15. The molecule has 2 amide bonds. The van der Waals surface area contributed by atoms with Gasteiger partial charge >= 0.3 is 0 Å². The maximum Gasteiger partial charge on any atom is 0.254 e. The molecule has 9 nitrogen and oxygen atoms in total. The number of benzene rings is 2. The van der Waals surface area contributed by atoms with E-state index in [0.29, 0.717) is 46.5 Å². The third-order valence-electron chi connectivity index (χ3n) is 6.14. The number of nitrogens with one attached hydrogen (secondary N) is 2. The quantitative estimate of drug-likeness (QED) is 0.404. The van der Waals surface area contributed by atoms with Crippen molar-refractivity contribution in [1.29, 1.82) is 0 Å². The maximum absolute atomic E-state index is 13.2. The van der Waals surface area contributed by atoms with Gasteiger partial charge in [-0.25, -0.2) is 9.97 Å². The first-order chi connectivity index (χ1) is 17.3. The Morgan fingerprint density at radius 2 is 2.08 bits per heavy atom. The first-order valence-corrected chi connectivity index (χ1v) is 12.0. The number of carbonyl (C=O) groups excluding carboxylic acids is 2. The van der Waals surface area contributed by atoms with Crippen LogP contribution in [0.5, 0.6) is 5.75 Å². The van der Waals surface area contributed by atoms with E-state index in [4.69, 9.17) is 16.3 Å². The van der Waals surface area contributed by atoms with Crippen LogP contribution in [0.25, 0.3) is 11.3 Å². The lowest BCUT2D eigenvalue weighted by Gasteiger charge is -2.25. The molecule has 2 aromatic carbocycles. The fourth-order valence-electron chi connectivity index (χ4n) is 4.19. The lowest BCUT2D eigenvalue weighted by atomic mass is 9.99. The van der Waals surface area contributed by atoms with Gasteiger partial charge in [-0.15, -0.1) is 0 Å². The van der Waals surface area contributed by atoms with Crippen molar-refractivity contribution in [2.75, 3.05) is 26.0 Å². The molecule has 2 atom stereocenters. The topological polar surface area (TPSA) is 117 Å². The summed E-state index contributed by atoms with van der Waals surface area (Å²) in [6.45, 7) is 2.00. The summed E-state index contributed by atoms with van der Waals surface area (Å²) < 4.78 is 5.28. The predicted octanol–water partition coefficient (Wildman–Crippen LogP) is 3.43. The highest BCUT2D eigenvalue weighted by Crippen LogP contribution is 2.31. The Kier molecular flexibility index (Phi) is 7.71. The Hall–Kier alpha value is -3.69. The summed E-state index contributed by atoms with van der Waals surface area (Å²) in [7, 11) is 3.27. The highest BCUT2D eigenvalue weighted by atomic mass is 35.5. The van der Waals surface area contributed by atoms with Crippen LogP contribution in [0.2, 0.25) is 5.02 Å². The summed E-state index contributed by atoms with van der Waals surface area (Å²) >= 11 is 6.30. The third-order valence-corrected chi connectivity index (χ3v) is 6.41. The van der Waals surface area contributed by atoms with Gasteiger partial charge in [-0.05, 0) is 35.7 Å². The van der Waals surface area contributed by atoms with Crippen LogP contribution in [0.15, 0.2) is 48.7 Å². The molecule has 0 aliphatic carbocycles. The number of anilines is 1. The summed E-state index contributed by atoms with van der Waals surface area (Å²) in [4.78, 5) is 36.1. The largest absolute Gasteiger partial charge is 0.497 e. The zero-order chi connectivity index (χ0) is 25.8. The molecule has 1 aliphatic heterocycles. The molecule has 0 radical (unpaired) electrons. The van der Waals surface area contributed by atoms with Crippen molar-refractivity contribution in [2.45, 2.75) is 32.0 Å². The number of aliphatic hydroxyl groups excluding tert-OH is 1. The van der Waals surface area contributed by atoms with Gasteiger partial charge in [-0.3, -0.25) is 9.59 Å². The zero-order valence-electron chi connectivity index (χ0n) is 20.3. The number of rotatable bonds is 9. The lowest BCUT2D eigenvalue weighted by molar-refractivity contribution is -0.123. The molecule has 36 heavy (non-hydrogen) atoms. The number of nitrogens with zero attached hydrogens (tertiary/aromatic N) is 3. The van der Waals surface area contributed by atoms with Crippen LogP contribution in [0, 0.1) is 0 Å². The summed E-state index contributed by atoms with van der Waals surface area (Å²) in [5.41, 5.74) is 3.23. The first-order valence-electron chi connectivity index (χ1n) is 11.6. The Balaban J connectivity index is 1.50. The molecular weight excluding hydrogens is 482 g/mol. The van der Waals surface area contributed by atoms with Gasteiger partial charge in [-0.1, -0.05) is 42.8 Å². The van der Waals surface area contributed by atoms with Gasteiger partial charge in [0.2, 0.25) is 11.9 Å². The number of halogens is 1. The third kappa shape index (κ3) is 5.27. The minimum atomic E-state index is -0.796. The lowest BCUT2D eigenvalue weighted by Crippen LogP contribution is -2.42. The van der Waals surface area contributed by atoms with Gasteiger partial charge in [0.1, 0.15) is 12.3 Å². The van der Waals surface area contributed by atoms with Gasteiger partial charge in [-0.2, -0.15) is 0 Å². The number of carbonyl (C=O) groups is 2. The van der Waals surface area contributed by atoms with Crippen molar-refractivity contribution in [3.63, 3.8) is 0 Å². The van der Waals surface area contributed by atoms with Crippen molar-refractivity contribution >= 4 is 29.4 Å². The highest BCUT2D eigenvalue weighted by Gasteiger charge is 2.31. The van der Waals surface area contributed by atoms with Crippen molar-refractivity contribution in [3.05, 3.63) is 70.4 Å². The average Bonchev–Trinajstić information content (AvgIpc) is 3.21. The summed E-state index contributed by atoms with van der Waals surface area (Å²) in [5.74, 6) is 0.422. The normalized spacial score (nSPS) is 14.2. The highest BCUT2D eigenvalue weighted by molar-refractivity contribution is 6.33. The Bertz CT molecular complexity index is 1280. The van der Waals surface area contributed by atoms with E-state index in [9.17, 15) is 14.7 Å². The number of amides is 2. The van der Waals surface area contributed by atoms with Gasteiger partial charge < -0.3 is 25.4 Å². The minimum Gasteiger partial charge on any atom is -0.497 e. The SMILES string of the molecule is CC[C@H](O)[C@@H](NC(=O)CN1Cc2ccc(-c3nc(NC)ncc3Cl)cc2C1=O)c1cccc(OC)c1. The second kappa shape index (κ2) is 10.9. The minimum absolute atomic E-state index is 0.141. The summed E-state index contributed by atoms with van der Waals surface area (Å²) in [6, 6.07) is 12.0. The van der Waals surface area contributed by atoms with Gasteiger partial charge in [0, 0.05) is 24.7 Å². The standard InChI is InChI=1S/C26H28ClN5O4/c1-4-21(33)24(15-6-5-7-18(10-15)36-3)30-22(34)14-32-13-17-9-8-16(11-19(17)25(32)35)23-20(27)12-29-26(28-2)31-23/h5-12,21,24,33H,4,13-14H2,1-3H3,(H,30,34)(H,28,29,31)/t21-,24-/m0/s1. The number of fused-ring (bicyclic) bond motifs is 1. The van der Waals surface area contributed by atoms with E-state index < -0.39 is 12.1 Å². The molecule has 1 aromatic heterocycles. The smallest absolute Gasteiger partial charge is 0.254 e. The van der Waals surface area contributed by atoms with Crippen LogP contribution < -0.4 is 15.4 Å². The Labute approximate surface area is 214 Å². The molecule has 0 fully saturated rings. The number of aromatic nitrogens is 2. The van der Waals surface area contributed by atoms with Crippen LogP contribution in [-0.4, -0.2) is 58.6 Å². The second-order valence-electron chi connectivity index (χ2n) is 8.47. The Morgan fingerprint density at radius 3 is 2.81 bits per heavy atom. The molecule has 4 rings (SSSR count). The Morgan fingerprint density at radius 1 is 1.28 bits per heavy atom. The van der Waals surface area contributed by atoms with Crippen LogP contribution in [0.3, 0.4) is 0 Å². The molecule has 1 aliphatic rings. The van der Waals surface area contributed by atoms with Crippen molar-refractivity contribution in [1.82, 2.24) is 20.2 Å². The van der Waals surface area contributed by atoms with E-state index in [-0.39, 0.29) is 18.4 Å². The van der Waals surface area contributed by atoms with E-state index in [2.05, 4.69) is 20.6 Å².